The van der Waals surface area contributed by atoms with Gasteiger partial charge in [-0.2, -0.15) is 5.10 Å². The van der Waals surface area contributed by atoms with E-state index in [1.165, 1.54) is 12.8 Å². The first-order valence-corrected chi connectivity index (χ1v) is 8.75. The molecule has 7 nitrogen and oxygen atoms in total. The van der Waals surface area contributed by atoms with Gasteiger partial charge in [-0.05, 0) is 32.6 Å². The predicted octanol–water partition coefficient (Wildman–Crippen LogP) is 0.164. The van der Waals surface area contributed by atoms with Crippen LogP contribution in [0.25, 0.3) is 0 Å². The Bertz CT molecular complexity index is 578. The summed E-state index contributed by atoms with van der Waals surface area (Å²) in [6, 6.07) is 0. The van der Waals surface area contributed by atoms with Crippen LogP contribution in [-0.2, 0) is 21.3 Å². The predicted molar refractivity (Wildman–Crippen MR) is 79.5 cm³/mol. The topological polar surface area (TPSA) is 99.2 Å². The molecule has 0 aromatic carbocycles. The van der Waals surface area contributed by atoms with Crippen molar-refractivity contribution < 1.29 is 13.2 Å². The molecule has 120 valence electrons. The molecule has 0 spiro atoms. The summed E-state index contributed by atoms with van der Waals surface area (Å²) in [5, 5.41) is 4.23. The standard InChI is InChI=1S/C13H24N4O3S/c1-10-13(11(2)17(16-10)7-5-14)21(18,19)15-6-8-20-9-12-3-4-12/h12,15H,3-9,14H2,1-2H3. The highest BCUT2D eigenvalue weighted by Gasteiger charge is 2.24. The average molecular weight is 316 g/mol. The van der Waals surface area contributed by atoms with Crippen LogP contribution in [0, 0.1) is 19.8 Å². The van der Waals surface area contributed by atoms with Gasteiger partial charge in [-0.15, -0.1) is 0 Å². The van der Waals surface area contributed by atoms with E-state index in [9.17, 15) is 8.42 Å². The molecule has 21 heavy (non-hydrogen) atoms. The van der Waals surface area contributed by atoms with E-state index in [1.807, 2.05) is 0 Å². The van der Waals surface area contributed by atoms with Gasteiger partial charge in [0, 0.05) is 19.7 Å². The molecule has 8 heteroatoms. The molecule has 1 fully saturated rings. The molecular formula is C13H24N4O3S. The summed E-state index contributed by atoms with van der Waals surface area (Å²) in [5.74, 6) is 0.681. The number of nitrogens with zero attached hydrogens (tertiary/aromatic N) is 2. The third-order valence-corrected chi connectivity index (χ3v) is 5.23. The minimum absolute atomic E-state index is 0.248. The fourth-order valence-corrected chi connectivity index (χ4v) is 3.68. The van der Waals surface area contributed by atoms with E-state index in [1.54, 1.807) is 18.5 Å². The van der Waals surface area contributed by atoms with Crippen LogP contribution >= 0.6 is 0 Å². The van der Waals surface area contributed by atoms with Crippen molar-refractivity contribution in [2.75, 3.05) is 26.3 Å². The highest BCUT2D eigenvalue weighted by molar-refractivity contribution is 7.89. The van der Waals surface area contributed by atoms with E-state index in [-0.39, 0.29) is 11.4 Å². The molecule has 2 rings (SSSR count). The zero-order valence-electron chi connectivity index (χ0n) is 12.6. The van der Waals surface area contributed by atoms with Gasteiger partial charge < -0.3 is 10.5 Å². The molecule has 1 heterocycles. The molecule has 0 unspecified atom stereocenters. The van der Waals surface area contributed by atoms with Gasteiger partial charge in [0.1, 0.15) is 4.90 Å². The summed E-state index contributed by atoms with van der Waals surface area (Å²) in [4.78, 5) is 0.248. The molecule has 1 aromatic heterocycles. The number of nitrogens with two attached hydrogens (primary N) is 1. The van der Waals surface area contributed by atoms with Crippen LogP contribution < -0.4 is 10.5 Å². The number of nitrogens with one attached hydrogen (secondary N) is 1. The van der Waals surface area contributed by atoms with E-state index < -0.39 is 10.0 Å². The molecule has 0 atom stereocenters. The Morgan fingerprint density at radius 2 is 2.14 bits per heavy atom. The molecular weight excluding hydrogens is 292 g/mol. The van der Waals surface area contributed by atoms with Crippen molar-refractivity contribution in [2.45, 2.75) is 38.1 Å². The summed E-state index contributed by atoms with van der Waals surface area (Å²) < 4.78 is 34.3. The number of rotatable bonds is 9. The van der Waals surface area contributed by atoms with Gasteiger partial charge >= 0.3 is 0 Å². The zero-order valence-corrected chi connectivity index (χ0v) is 13.4. The Labute approximate surface area is 125 Å². The monoisotopic (exact) mass is 316 g/mol. The van der Waals surface area contributed by atoms with E-state index >= 15 is 0 Å². The third-order valence-electron chi connectivity index (χ3n) is 3.51. The number of sulfonamides is 1. The minimum Gasteiger partial charge on any atom is -0.380 e. The number of hydrogen-bond acceptors (Lipinski definition) is 5. The first kappa shape index (κ1) is 16.4. The minimum atomic E-state index is -3.56. The number of hydrogen-bond donors (Lipinski definition) is 2. The normalized spacial score (nSPS) is 15.6. The van der Waals surface area contributed by atoms with Crippen LogP contribution in [0.1, 0.15) is 24.2 Å². The maximum Gasteiger partial charge on any atom is 0.244 e. The zero-order chi connectivity index (χ0) is 15.5. The Morgan fingerprint density at radius 3 is 2.76 bits per heavy atom. The lowest BCUT2D eigenvalue weighted by Crippen LogP contribution is -2.28. The largest absolute Gasteiger partial charge is 0.380 e. The lowest BCUT2D eigenvalue weighted by molar-refractivity contribution is 0.129. The van der Waals surface area contributed by atoms with Crippen LogP contribution in [0.4, 0.5) is 0 Å². The Kier molecular flexibility index (Phi) is 5.37. The SMILES string of the molecule is Cc1nn(CCN)c(C)c1S(=O)(=O)NCCOCC1CC1. The molecule has 3 N–H and O–H groups in total. The van der Waals surface area contributed by atoms with Crippen molar-refractivity contribution in [1.29, 1.82) is 0 Å². The second kappa shape index (κ2) is 6.87. The summed E-state index contributed by atoms with van der Waals surface area (Å²) >= 11 is 0. The number of aromatic nitrogens is 2. The smallest absolute Gasteiger partial charge is 0.244 e. The second-order valence-corrected chi connectivity index (χ2v) is 7.13. The summed E-state index contributed by atoms with van der Waals surface area (Å²) in [6.45, 7) is 5.76. The lowest BCUT2D eigenvalue weighted by Gasteiger charge is -2.08. The summed E-state index contributed by atoms with van der Waals surface area (Å²) in [7, 11) is -3.56. The van der Waals surface area contributed by atoms with Crippen LogP contribution in [0.5, 0.6) is 0 Å². The number of ether oxygens (including phenoxy) is 1. The maximum atomic E-state index is 12.3. The van der Waals surface area contributed by atoms with E-state index in [2.05, 4.69) is 9.82 Å². The highest BCUT2D eigenvalue weighted by Crippen LogP contribution is 2.28. The van der Waals surface area contributed by atoms with Gasteiger partial charge in [0.25, 0.3) is 0 Å². The molecule has 1 aromatic rings. The molecule has 1 aliphatic rings. The van der Waals surface area contributed by atoms with Crippen LogP contribution in [-0.4, -0.2) is 44.5 Å². The molecule has 0 aliphatic heterocycles. The highest BCUT2D eigenvalue weighted by atomic mass is 32.2. The van der Waals surface area contributed by atoms with Gasteiger partial charge in [0.05, 0.1) is 24.5 Å². The Balaban J connectivity index is 1.94. The summed E-state index contributed by atoms with van der Waals surface area (Å²) in [6.07, 6.45) is 2.45. The van der Waals surface area contributed by atoms with Crippen LogP contribution in [0.15, 0.2) is 4.90 Å². The molecule has 1 aliphatic carbocycles. The molecule has 0 radical (unpaired) electrons. The van der Waals surface area contributed by atoms with Gasteiger partial charge in [0.2, 0.25) is 10.0 Å². The van der Waals surface area contributed by atoms with Crippen molar-refractivity contribution in [2.24, 2.45) is 11.7 Å². The third kappa shape index (κ3) is 4.26. The maximum absolute atomic E-state index is 12.3. The van der Waals surface area contributed by atoms with Crippen LogP contribution in [0.2, 0.25) is 0 Å². The molecule has 0 saturated heterocycles. The van der Waals surface area contributed by atoms with Gasteiger partial charge in [-0.25, -0.2) is 13.1 Å². The first-order valence-electron chi connectivity index (χ1n) is 7.27. The van der Waals surface area contributed by atoms with Gasteiger partial charge in [-0.3, -0.25) is 4.68 Å². The first-order chi connectivity index (χ1) is 9.95. The van der Waals surface area contributed by atoms with Crippen molar-refractivity contribution in [3.8, 4) is 0 Å². The Hall–Kier alpha value is -0.960. The van der Waals surface area contributed by atoms with Gasteiger partial charge in [0.15, 0.2) is 0 Å². The fraction of sp³-hybridized carbons (Fsp3) is 0.769. The van der Waals surface area contributed by atoms with Gasteiger partial charge in [-0.1, -0.05) is 0 Å². The molecule has 0 bridgehead atoms. The fourth-order valence-electron chi connectivity index (χ4n) is 2.26. The van der Waals surface area contributed by atoms with E-state index in [0.29, 0.717) is 37.0 Å². The second-order valence-electron chi connectivity index (χ2n) is 5.43. The Morgan fingerprint density at radius 1 is 1.43 bits per heavy atom. The quantitative estimate of drug-likeness (QED) is 0.632. The van der Waals surface area contributed by atoms with E-state index in [4.69, 9.17) is 10.5 Å². The molecule has 0 amide bonds. The van der Waals surface area contributed by atoms with Crippen molar-refractivity contribution >= 4 is 10.0 Å². The molecule has 1 saturated carbocycles. The van der Waals surface area contributed by atoms with E-state index in [0.717, 1.165) is 6.61 Å². The number of aryl methyl sites for hydroxylation is 1. The average Bonchev–Trinajstić information content (AvgIpc) is 3.16. The summed E-state index contributed by atoms with van der Waals surface area (Å²) in [5.41, 5.74) is 6.61. The lowest BCUT2D eigenvalue weighted by atomic mass is 10.4. The van der Waals surface area contributed by atoms with Crippen molar-refractivity contribution in [3.63, 3.8) is 0 Å². The van der Waals surface area contributed by atoms with Crippen molar-refractivity contribution in [1.82, 2.24) is 14.5 Å². The van der Waals surface area contributed by atoms with Crippen LogP contribution in [0.3, 0.4) is 0 Å². The van der Waals surface area contributed by atoms with Crippen molar-refractivity contribution in [3.05, 3.63) is 11.4 Å².